The molecule has 2 unspecified atom stereocenters. The maximum Gasteiger partial charge on any atom is 0.305 e. The number of hydrogen-bond donors (Lipinski definition) is 3. The van der Waals surface area contributed by atoms with Crippen LogP contribution in [0.1, 0.15) is 463 Å². The number of hydrogen-bond acceptors (Lipinski definition) is 5. The Labute approximate surface area is 564 Å². The number of nitrogens with one attached hydrogen (secondary N) is 1. The number of rotatable bonds is 78. The minimum absolute atomic E-state index is 0.0135. The fourth-order valence-corrected chi connectivity index (χ4v) is 13.1. The average Bonchev–Trinajstić information content (AvgIpc) is 3.69. The SMILES string of the molecule is CCCCC/C=C\C/C=C\CCCCCCCCCC(=O)OCCCCCCCCCCCCCCCCCCCCCCCCCCCCCCCCCC(=O)NC(CO)C(O)/C=C/CCCCCCCCCCCCCCCCCCCCCCCCC. The van der Waals surface area contributed by atoms with Gasteiger partial charge >= 0.3 is 5.97 Å². The number of carbonyl (C=O) groups excluding carboxylic acids is 2. The summed E-state index contributed by atoms with van der Waals surface area (Å²) in [5, 5.41) is 23.3. The molecule has 0 saturated heterocycles. The fraction of sp³-hybridized carbons (Fsp3) is 0.905. The van der Waals surface area contributed by atoms with Crippen molar-refractivity contribution in [2.24, 2.45) is 0 Å². The molecule has 0 heterocycles. The lowest BCUT2D eigenvalue weighted by Crippen LogP contribution is -2.45. The largest absolute Gasteiger partial charge is 0.466 e. The van der Waals surface area contributed by atoms with Crippen LogP contribution < -0.4 is 5.32 Å². The second-order valence-electron chi connectivity index (χ2n) is 28.5. The summed E-state index contributed by atoms with van der Waals surface area (Å²) in [7, 11) is 0. The van der Waals surface area contributed by atoms with E-state index in [0.29, 0.717) is 19.4 Å². The Morgan fingerprint density at radius 2 is 0.556 bits per heavy atom. The van der Waals surface area contributed by atoms with E-state index in [0.717, 1.165) is 51.4 Å². The number of esters is 1. The summed E-state index contributed by atoms with van der Waals surface area (Å²) in [4.78, 5) is 24.7. The van der Waals surface area contributed by atoms with Crippen molar-refractivity contribution in [1.29, 1.82) is 0 Å². The first-order valence-electron chi connectivity index (χ1n) is 41.3. The van der Waals surface area contributed by atoms with Crippen LogP contribution in [-0.2, 0) is 14.3 Å². The molecule has 532 valence electrons. The third kappa shape index (κ3) is 75.1. The molecule has 2 atom stereocenters. The van der Waals surface area contributed by atoms with Gasteiger partial charge in [0, 0.05) is 12.8 Å². The lowest BCUT2D eigenvalue weighted by atomic mass is 10.0. The second-order valence-corrected chi connectivity index (χ2v) is 28.5. The van der Waals surface area contributed by atoms with Gasteiger partial charge in [0.15, 0.2) is 0 Å². The maximum atomic E-state index is 12.6. The van der Waals surface area contributed by atoms with Crippen molar-refractivity contribution in [3.63, 3.8) is 0 Å². The van der Waals surface area contributed by atoms with Gasteiger partial charge in [0.25, 0.3) is 0 Å². The van der Waals surface area contributed by atoms with Crippen molar-refractivity contribution in [3.8, 4) is 0 Å². The highest BCUT2D eigenvalue weighted by molar-refractivity contribution is 5.76. The highest BCUT2D eigenvalue weighted by Gasteiger charge is 2.18. The second kappa shape index (κ2) is 79.5. The zero-order valence-corrected chi connectivity index (χ0v) is 61.1. The average molecular weight is 1270 g/mol. The molecule has 90 heavy (non-hydrogen) atoms. The Morgan fingerprint density at radius 3 is 0.867 bits per heavy atom. The van der Waals surface area contributed by atoms with E-state index in [-0.39, 0.29) is 18.5 Å². The maximum absolute atomic E-state index is 12.6. The molecule has 6 nitrogen and oxygen atoms in total. The van der Waals surface area contributed by atoms with E-state index in [4.69, 9.17) is 4.74 Å². The van der Waals surface area contributed by atoms with Gasteiger partial charge < -0.3 is 20.3 Å². The molecule has 0 radical (unpaired) electrons. The predicted octanol–water partition coefficient (Wildman–Crippen LogP) is 27.4. The summed E-state index contributed by atoms with van der Waals surface area (Å²) in [6.45, 7) is 4.93. The first kappa shape index (κ1) is 88.1. The number of carbonyl (C=O) groups is 2. The minimum Gasteiger partial charge on any atom is -0.466 e. The lowest BCUT2D eigenvalue weighted by Gasteiger charge is -2.20. The van der Waals surface area contributed by atoms with Crippen LogP contribution >= 0.6 is 0 Å². The zero-order valence-electron chi connectivity index (χ0n) is 61.1. The number of aliphatic hydroxyl groups is 2. The van der Waals surface area contributed by atoms with Crippen LogP contribution in [0.3, 0.4) is 0 Å². The van der Waals surface area contributed by atoms with Gasteiger partial charge in [-0.15, -0.1) is 0 Å². The van der Waals surface area contributed by atoms with Crippen LogP contribution in [0.2, 0.25) is 0 Å². The third-order valence-electron chi connectivity index (χ3n) is 19.4. The summed E-state index contributed by atoms with van der Waals surface area (Å²) in [6.07, 6.45) is 104. The molecule has 6 heteroatoms. The van der Waals surface area contributed by atoms with Gasteiger partial charge in [-0.25, -0.2) is 0 Å². The number of amides is 1. The van der Waals surface area contributed by atoms with Crippen LogP contribution in [0.4, 0.5) is 0 Å². The van der Waals surface area contributed by atoms with E-state index in [9.17, 15) is 19.8 Å². The van der Waals surface area contributed by atoms with Crippen LogP contribution in [0.25, 0.3) is 0 Å². The van der Waals surface area contributed by atoms with Gasteiger partial charge in [0.05, 0.1) is 25.4 Å². The fourth-order valence-electron chi connectivity index (χ4n) is 13.1. The van der Waals surface area contributed by atoms with Gasteiger partial charge in [0.1, 0.15) is 0 Å². The van der Waals surface area contributed by atoms with Crippen LogP contribution in [-0.4, -0.2) is 47.4 Å². The summed E-state index contributed by atoms with van der Waals surface area (Å²) >= 11 is 0. The van der Waals surface area contributed by atoms with E-state index in [1.807, 2.05) is 6.08 Å². The molecule has 0 aromatic rings. The Hall–Kier alpha value is -1.92. The molecule has 1 amide bonds. The zero-order chi connectivity index (χ0) is 64.9. The van der Waals surface area contributed by atoms with Crippen LogP contribution in [0.5, 0.6) is 0 Å². The van der Waals surface area contributed by atoms with Crippen molar-refractivity contribution in [1.82, 2.24) is 5.32 Å². The molecule has 0 aliphatic heterocycles. The summed E-state index contributed by atoms with van der Waals surface area (Å²) in [5.41, 5.74) is 0. The Balaban J connectivity index is 3.36. The molecule has 0 saturated carbocycles. The molecule has 0 aliphatic rings. The minimum atomic E-state index is -0.843. The Bertz CT molecular complexity index is 1460. The van der Waals surface area contributed by atoms with Gasteiger partial charge in [0.2, 0.25) is 5.91 Å². The predicted molar refractivity (Wildman–Crippen MR) is 398 cm³/mol. The molecule has 0 rings (SSSR count). The van der Waals surface area contributed by atoms with Gasteiger partial charge in [-0.05, 0) is 64.2 Å². The number of ether oxygens (including phenoxy) is 1. The van der Waals surface area contributed by atoms with E-state index in [1.165, 1.54) is 385 Å². The van der Waals surface area contributed by atoms with Gasteiger partial charge in [-0.1, -0.05) is 423 Å². The van der Waals surface area contributed by atoms with E-state index < -0.39 is 12.1 Å². The Kier molecular flexibility index (Phi) is 77.8. The molecular formula is C84H161NO5. The lowest BCUT2D eigenvalue weighted by molar-refractivity contribution is -0.143. The first-order valence-corrected chi connectivity index (χ1v) is 41.3. The molecule has 0 aromatic carbocycles. The van der Waals surface area contributed by atoms with E-state index in [2.05, 4.69) is 43.5 Å². The normalized spacial score (nSPS) is 12.6. The molecule has 0 spiro atoms. The van der Waals surface area contributed by atoms with E-state index in [1.54, 1.807) is 6.08 Å². The standard InChI is InChI=1S/C84H161NO5/c1-3-5-7-9-11-13-15-17-19-21-22-23-24-32-35-38-41-45-48-52-56-60-64-68-72-76-82(87)81(80-86)85-83(88)77-73-69-65-61-57-53-49-46-42-39-36-33-30-28-26-25-27-29-31-34-37-40-43-47-51-55-59-63-67-71-75-79-90-84(89)78-74-70-66-62-58-54-50-44-20-18-16-14-12-10-8-6-4-2/h12,14,18,20,72,76,81-82,86-87H,3-11,13,15-17,19,21-71,73-75,77-80H2,1-2H3,(H,85,88)/b14-12-,20-18-,76-72+. The first-order chi connectivity index (χ1) is 44.5. The molecule has 0 bridgehead atoms. The summed E-state index contributed by atoms with van der Waals surface area (Å²) < 4.78 is 5.51. The van der Waals surface area contributed by atoms with Gasteiger partial charge in [-0.3, -0.25) is 9.59 Å². The number of aliphatic hydroxyl groups excluding tert-OH is 2. The smallest absolute Gasteiger partial charge is 0.305 e. The molecule has 0 fully saturated rings. The molecular weight excluding hydrogens is 1100 g/mol. The van der Waals surface area contributed by atoms with Crippen LogP contribution in [0, 0.1) is 0 Å². The quantitative estimate of drug-likeness (QED) is 0.0320. The van der Waals surface area contributed by atoms with Crippen molar-refractivity contribution in [3.05, 3.63) is 36.5 Å². The molecule has 0 aromatic heterocycles. The van der Waals surface area contributed by atoms with Crippen molar-refractivity contribution in [2.75, 3.05) is 13.2 Å². The summed E-state index contributed by atoms with van der Waals surface area (Å²) in [5.74, 6) is -0.0449. The molecule has 3 N–H and O–H groups in total. The summed E-state index contributed by atoms with van der Waals surface area (Å²) in [6, 6.07) is -0.626. The van der Waals surface area contributed by atoms with E-state index >= 15 is 0 Å². The monoisotopic (exact) mass is 1260 g/mol. The highest BCUT2D eigenvalue weighted by Crippen LogP contribution is 2.20. The van der Waals surface area contributed by atoms with Crippen molar-refractivity contribution in [2.45, 2.75) is 475 Å². The topological polar surface area (TPSA) is 95.9 Å². The molecule has 0 aliphatic carbocycles. The number of allylic oxidation sites excluding steroid dienone is 5. The Morgan fingerprint density at radius 1 is 0.311 bits per heavy atom. The van der Waals surface area contributed by atoms with Gasteiger partial charge in [-0.2, -0.15) is 0 Å². The van der Waals surface area contributed by atoms with Crippen molar-refractivity contribution < 1.29 is 24.5 Å². The third-order valence-corrected chi connectivity index (χ3v) is 19.4. The number of unbranched alkanes of at least 4 members (excludes halogenated alkanes) is 63. The van der Waals surface area contributed by atoms with Crippen molar-refractivity contribution >= 4 is 11.9 Å². The highest BCUT2D eigenvalue weighted by atomic mass is 16.5. The van der Waals surface area contributed by atoms with Crippen LogP contribution in [0.15, 0.2) is 36.5 Å².